The van der Waals surface area contributed by atoms with Gasteiger partial charge in [-0.2, -0.15) is 13.2 Å². The van der Waals surface area contributed by atoms with Gasteiger partial charge in [0.15, 0.2) is 0 Å². The Bertz CT molecular complexity index is 121. The van der Waals surface area contributed by atoms with Crippen LogP contribution in [0.4, 0.5) is 13.2 Å². The summed E-state index contributed by atoms with van der Waals surface area (Å²) < 4.78 is 39.6. The summed E-state index contributed by atoms with van der Waals surface area (Å²) in [5, 5.41) is 0. The lowest BCUT2D eigenvalue weighted by atomic mass is 10.0. The molecule has 11 heavy (non-hydrogen) atoms. The molecule has 0 aliphatic carbocycles. The van der Waals surface area contributed by atoms with E-state index in [0.29, 0.717) is 0 Å². The maximum atomic E-state index is 11.7. The molecule has 0 atom stereocenters. The molecule has 65 valence electrons. The number of hydrogen-bond donors (Lipinski definition) is 0. The molecule has 0 unspecified atom stereocenters. The molecular weight excluding hydrogens is 173 g/mol. The minimum Gasteiger partial charge on any atom is -0.414 e. The molecule has 0 bridgehead atoms. The minimum absolute atomic E-state index is 0.0417. The van der Waals surface area contributed by atoms with Crippen molar-refractivity contribution >= 4 is 10.5 Å². The Balaban J connectivity index is 3.70. The number of hydrogen-bond acceptors (Lipinski definition) is 1. The number of alkyl halides is 3. The molecule has 0 rings (SSSR count). The van der Waals surface area contributed by atoms with Crippen LogP contribution in [0.1, 0.15) is 26.7 Å². The van der Waals surface area contributed by atoms with Crippen molar-refractivity contribution in [3.8, 4) is 0 Å². The third-order valence-electron chi connectivity index (χ3n) is 1.29. The third kappa shape index (κ3) is 6.37. The second-order valence-corrected chi connectivity index (χ2v) is 3.18. The Morgan fingerprint density at radius 1 is 1.18 bits per heavy atom. The van der Waals surface area contributed by atoms with Crippen molar-refractivity contribution in [3.05, 3.63) is 0 Å². The number of halogens is 3. The lowest BCUT2D eigenvalue weighted by Crippen LogP contribution is -2.25. The van der Waals surface area contributed by atoms with E-state index in [4.69, 9.17) is 0 Å². The van der Waals surface area contributed by atoms with Gasteiger partial charge in [-0.15, -0.1) is 0 Å². The van der Waals surface area contributed by atoms with E-state index < -0.39 is 18.2 Å². The zero-order chi connectivity index (χ0) is 9.12. The van der Waals surface area contributed by atoms with Crippen LogP contribution in [0, 0.1) is 0 Å². The second-order valence-electron chi connectivity index (χ2n) is 2.98. The van der Waals surface area contributed by atoms with Gasteiger partial charge < -0.3 is 4.43 Å². The first-order valence-electron chi connectivity index (χ1n) is 3.18. The molecule has 0 aromatic carbocycles. The van der Waals surface area contributed by atoms with E-state index >= 15 is 0 Å². The predicted molar refractivity (Wildman–Crippen MR) is 36.2 cm³/mol. The molecule has 0 saturated heterocycles. The van der Waals surface area contributed by atoms with E-state index in [1.807, 2.05) is 0 Å². The van der Waals surface area contributed by atoms with Gasteiger partial charge in [-0.1, -0.05) is 0 Å². The Morgan fingerprint density at radius 2 is 1.64 bits per heavy atom. The van der Waals surface area contributed by atoms with Gasteiger partial charge in [-0.05, 0) is 20.3 Å². The largest absolute Gasteiger partial charge is 0.414 e. The molecule has 0 aromatic rings. The lowest BCUT2D eigenvalue weighted by Gasteiger charge is -2.23. The van der Waals surface area contributed by atoms with E-state index in [9.17, 15) is 13.2 Å². The minimum atomic E-state index is -4.10. The highest BCUT2D eigenvalue weighted by atomic mass is 28.2. The van der Waals surface area contributed by atoms with E-state index in [-0.39, 0.29) is 6.42 Å². The molecule has 0 fully saturated rings. The standard InChI is InChI=1S/C6H10F3OSi/c1-5(2,10-11)3-4-6(7,8)9/h3-4H2,1-2H3. The molecule has 0 amide bonds. The van der Waals surface area contributed by atoms with Crippen molar-refractivity contribution in [1.82, 2.24) is 0 Å². The van der Waals surface area contributed by atoms with Crippen molar-refractivity contribution in [2.24, 2.45) is 0 Å². The Kier molecular flexibility index (Phi) is 3.57. The normalized spacial score (nSPS) is 13.6. The first-order valence-corrected chi connectivity index (χ1v) is 3.59. The first-order chi connectivity index (χ1) is 4.77. The predicted octanol–water partition coefficient (Wildman–Crippen LogP) is 2.21. The smallest absolute Gasteiger partial charge is 0.389 e. The average Bonchev–Trinajstić information content (AvgIpc) is 1.83. The molecule has 0 aliphatic rings. The van der Waals surface area contributed by atoms with E-state index in [2.05, 4.69) is 14.9 Å². The second kappa shape index (κ2) is 3.58. The van der Waals surface area contributed by atoms with Crippen molar-refractivity contribution in [3.63, 3.8) is 0 Å². The van der Waals surface area contributed by atoms with Crippen LogP contribution in [0.3, 0.4) is 0 Å². The van der Waals surface area contributed by atoms with Crippen molar-refractivity contribution < 1.29 is 17.6 Å². The van der Waals surface area contributed by atoms with E-state index in [0.717, 1.165) is 0 Å². The number of rotatable bonds is 3. The van der Waals surface area contributed by atoms with Crippen LogP contribution in [0.15, 0.2) is 0 Å². The molecule has 3 radical (unpaired) electrons. The van der Waals surface area contributed by atoms with Gasteiger partial charge in [0.1, 0.15) is 0 Å². The Morgan fingerprint density at radius 3 is 1.91 bits per heavy atom. The summed E-state index contributed by atoms with van der Waals surface area (Å²) in [6.45, 7) is 3.18. The van der Waals surface area contributed by atoms with Crippen LogP contribution in [-0.2, 0) is 4.43 Å². The van der Waals surface area contributed by atoms with Crippen LogP contribution in [-0.4, -0.2) is 22.3 Å². The van der Waals surface area contributed by atoms with Gasteiger partial charge in [0.2, 0.25) is 10.5 Å². The van der Waals surface area contributed by atoms with Gasteiger partial charge in [0.25, 0.3) is 0 Å². The molecular formula is C6H10F3OSi. The lowest BCUT2D eigenvalue weighted by molar-refractivity contribution is -0.142. The van der Waals surface area contributed by atoms with Crippen molar-refractivity contribution in [2.45, 2.75) is 38.5 Å². The highest BCUT2D eigenvalue weighted by Gasteiger charge is 2.30. The summed E-state index contributed by atoms with van der Waals surface area (Å²) in [6, 6.07) is 0. The fraction of sp³-hybridized carbons (Fsp3) is 1.00. The van der Waals surface area contributed by atoms with Crippen LogP contribution in [0.5, 0.6) is 0 Å². The van der Waals surface area contributed by atoms with Gasteiger partial charge in [0, 0.05) is 6.42 Å². The van der Waals surface area contributed by atoms with E-state index in [1.54, 1.807) is 13.8 Å². The third-order valence-corrected chi connectivity index (χ3v) is 1.84. The van der Waals surface area contributed by atoms with Gasteiger partial charge in [-0.3, -0.25) is 0 Å². The molecule has 0 spiro atoms. The first kappa shape index (κ1) is 11.0. The molecule has 0 aliphatic heterocycles. The molecule has 0 heterocycles. The van der Waals surface area contributed by atoms with Crippen LogP contribution < -0.4 is 0 Å². The quantitative estimate of drug-likeness (QED) is 0.609. The van der Waals surface area contributed by atoms with Crippen LogP contribution in [0.2, 0.25) is 0 Å². The molecule has 0 aromatic heterocycles. The van der Waals surface area contributed by atoms with Gasteiger partial charge >= 0.3 is 6.18 Å². The van der Waals surface area contributed by atoms with Gasteiger partial charge in [-0.25, -0.2) is 0 Å². The fourth-order valence-corrected chi connectivity index (χ4v) is 0.596. The highest BCUT2D eigenvalue weighted by molar-refractivity contribution is 5.98. The molecule has 0 N–H and O–H groups in total. The maximum absolute atomic E-state index is 11.7. The fourth-order valence-electron chi connectivity index (χ4n) is 0.494. The summed E-state index contributed by atoms with van der Waals surface area (Å²) in [5.74, 6) is 0. The zero-order valence-electron chi connectivity index (χ0n) is 6.46. The topological polar surface area (TPSA) is 9.23 Å². The Hall–Kier alpha value is -0.0331. The summed E-state index contributed by atoms with van der Waals surface area (Å²) in [5.41, 5.74) is -0.758. The Labute approximate surface area is 67.5 Å². The molecule has 5 heteroatoms. The molecule has 0 saturated carbocycles. The van der Waals surface area contributed by atoms with Crippen molar-refractivity contribution in [1.29, 1.82) is 0 Å². The summed E-state index contributed by atoms with van der Waals surface area (Å²) in [4.78, 5) is 0. The highest BCUT2D eigenvalue weighted by Crippen LogP contribution is 2.26. The van der Waals surface area contributed by atoms with Gasteiger partial charge in [0.05, 0.1) is 5.60 Å². The monoisotopic (exact) mass is 183 g/mol. The zero-order valence-corrected chi connectivity index (χ0v) is 7.46. The summed E-state index contributed by atoms with van der Waals surface area (Å²) in [6.07, 6.45) is -4.95. The summed E-state index contributed by atoms with van der Waals surface area (Å²) in [7, 11) is 2.72. The van der Waals surface area contributed by atoms with Crippen molar-refractivity contribution in [2.75, 3.05) is 0 Å². The van der Waals surface area contributed by atoms with Crippen LogP contribution in [0.25, 0.3) is 0 Å². The molecule has 1 nitrogen and oxygen atoms in total. The average molecular weight is 183 g/mol. The maximum Gasteiger partial charge on any atom is 0.389 e. The SMILES string of the molecule is CC(C)(CCC(F)(F)F)O[Si]. The van der Waals surface area contributed by atoms with E-state index in [1.165, 1.54) is 0 Å². The van der Waals surface area contributed by atoms with Crippen LogP contribution >= 0.6 is 0 Å². The summed E-state index contributed by atoms with van der Waals surface area (Å²) >= 11 is 0.